The van der Waals surface area contributed by atoms with E-state index in [0.29, 0.717) is 13.0 Å². The Bertz CT molecular complexity index is 757. The molecular formula is C18H21NO3S. The predicted molar refractivity (Wildman–Crippen MR) is 91.0 cm³/mol. The van der Waals surface area contributed by atoms with Crippen LogP contribution in [0.1, 0.15) is 23.1 Å². The molecule has 0 aromatic heterocycles. The quantitative estimate of drug-likeness (QED) is 0.885. The van der Waals surface area contributed by atoms with E-state index in [0.717, 1.165) is 36.3 Å². The van der Waals surface area contributed by atoms with Crippen molar-refractivity contribution in [3.8, 4) is 5.75 Å². The van der Waals surface area contributed by atoms with Crippen molar-refractivity contribution in [1.29, 1.82) is 0 Å². The van der Waals surface area contributed by atoms with Crippen LogP contribution in [0.15, 0.2) is 48.5 Å². The van der Waals surface area contributed by atoms with Gasteiger partial charge >= 0.3 is 0 Å². The number of aryl methyl sites for hydroxylation is 1. The molecular weight excluding hydrogens is 310 g/mol. The number of hydrogen-bond donors (Lipinski definition) is 1. The molecule has 2 aromatic rings. The van der Waals surface area contributed by atoms with Gasteiger partial charge in [-0.15, -0.1) is 0 Å². The summed E-state index contributed by atoms with van der Waals surface area (Å²) >= 11 is 0. The van der Waals surface area contributed by atoms with Gasteiger partial charge in [0.1, 0.15) is 5.75 Å². The minimum Gasteiger partial charge on any atom is -0.493 e. The lowest BCUT2D eigenvalue weighted by molar-refractivity contribution is 0.288. The van der Waals surface area contributed by atoms with Crippen LogP contribution in [0.3, 0.4) is 0 Å². The van der Waals surface area contributed by atoms with Gasteiger partial charge in [0.25, 0.3) is 0 Å². The molecule has 0 unspecified atom stereocenters. The van der Waals surface area contributed by atoms with Crippen LogP contribution < -0.4 is 9.46 Å². The highest BCUT2D eigenvalue weighted by molar-refractivity contribution is 7.88. The molecule has 0 amide bonds. The molecule has 0 spiro atoms. The van der Waals surface area contributed by atoms with E-state index >= 15 is 0 Å². The topological polar surface area (TPSA) is 55.4 Å². The van der Waals surface area contributed by atoms with E-state index in [1.54, 1.807) is 0 Å². The molecule has 3 rings (SSSR count). The summed E-state index contributed by atoms with van der Waals surface area (Å²) in [5.41, 5.74) is 3.16. The Labute approximate surface area is 137 Å². The van der Waals surface area contributed by atoms with Crippen molar-refractivity contribution in [3.05, 3.63) is 65.2 Å². The smallest absolute Gasteiger partial charge is 0.215 e. The van der Waals surface area contributed by atoms with Gasteiger partial charge in [-0.1, -0.05) is 42.5 Å². The number of sulfonamides is 1. The van der Waals surface area contributed by atoms with Gasteiger partial charge < -0.3 is 4.74 Å². The second kappa shape index (κ2) is 7.15. The summed E-state index contributed by atoms with van der Waals surface area (Å²) in [6, 6.07) is 15.3. The highest BCUT2D eigenvalue weighted by Crippen LogP contribution is 2.25. The normalized spacial score (nSPS) is 14.1. The summed E-state index contributed by atoms with van der Waals surface area (Å²) in [5, 5.41) is 0. The molecule has 0 fully saturated rings. The zero-order valence-electron chi connectivity index (χ0n) is 13.0. The average Bonchev–Trinajstić information content (AvgIpc) is 2.55. The van der Waals surface area contributed by atoms with Crippen LogP contribution in [0.5, 0.6) is 5.75 Å². The highest BCUT2D eigenvalue weighted by atomic mass is 32.2. The van der Waals surface area contributed by atoms with Crippen molar-refractivity contribution in [2.24, 2.45) is 0 Å². The first kappa shape index (κ1) is 16.0. The van der Waals surface area contributed by atoms with Gasteiger partial charge in [0, 0.05) is 6.54 Å². The molecule has 0 saturated heterocycles. The Morgan fingerprint density at radius 1 is 1.04 bits per heavy atom. The van der Waals surface area contributed by atoms with Gasteiger partial charge in [0.2, 0.25) is 10.0 Å². The van der Waals surface area contributed by atoms with E-state index < -0.39 is 10.0 Å². The third-order valence-corrected chi connectivity index (χ3v) is 5.27. The molecule has 0 atom stereocenters. The summed E-state index contributed by atoms with van der Waals surface area (Å²) in [7, 11) is -3.30. The maximum Gasteiger partial charge on any atom is 0.215 e. The molecule has 0 aliphatic carbocycles. The summed E-state index contributed by atoms with van der Waals surface area (Å²) < 4.78 is 32.5. The summed E-state index contributed by atoms with van der Waals surface area (Å²) in [4.78, 5) is 0. The van der Waals surface area contributed by atoms with Crippen LogP contribution in [-0.4, -0.2) is 21.6 Å². The number of ether oxygens (including phenoxy) is 1. The predicted octanol–water partition coefficient (Wildman–Crippen LogP) is 2.67. The molecule has 0 radical (unpaired) electrons. The van der Waals surface area contributed by atoms with Crippen molar-refractivity contribution in [1.82, 2.24) is 4.72 Å². The monoisotopic (exact) mass is 331 g/mol. The van der Waals surface area contributed by atoms with Gasteiger partial charge in [-0.05, 0) is 42.0 Å². The number of fused-ring (bicyclic) bond motifs is 1. The summed E-state index contributed by atoms with van der Waals surface area (Å²) in [5.74, 6) is 0.982. The lowest BCUT2D eigenvalue weighted by Crippen LogP contribution is -2.27. The Balaban J connectivity index is 1.54. The third kappa shape index (κ3) is 4.56. The lowest BCUT2D eigenvalue weighted by Gasteiger charge is -2.18. The second-order valence-corrected chi connectivity index (χ2v) is 7.59. The first-order valence-corrected chi connectivity index (χ1v) is 9.53. The van der Waals surface area contributed by atoms with Crippen LogP contribution in [0.4, 0.5) is 0 Å². The summed E-state index contributed by atoms with van der Waals surface area (Å²) in [6.45, 7) is 1.19. The van der Waals surface area contributed by atoms with Crippen molar-refractivity contribution >= 4 is 10.0 Å². The molecule has 0 bridgehead atoms. The number of nitrogens with one attached hydrogen (secondary N) is 1. The van der Waals surface area contributed by atoms with Crippen molar-refractivity contribution < 1.29 is 13.2 Å². The second-order valence-electron chi connectivity index (χ2n) is 5.78. The van der Waals surface area contributed by atoms with Crippen LogP contribution in [0.2, 0.25) is 0 Å². The Hall–Kier alpha value is -1.85. The Kier molecular flexibility index (Phi) is 4.98. The Morgan fingerprint density at radius 3 is 2.70 bits per heavy atom. The van der Waals surface area contributed by atoms with Gasteiger partial charge in [-0.25, -0.2) is 13.1 Å². The van der Waals surface area contributed by atoms with E-state index in [9.17, 15) is 8.42 Å². The molecule has 1 heterocycles. The molecule has 1 aliphatic rings. The van der Waals surface area contributed by atoms with Crippen LogP contribution in [0.25, 0.3) is 0 Å². The van der Waals surface area contributed by atoms with E-state index in [-0.39, 0.29) is 5.75 Å². The fourth-order valence-electron chi connectivity index (χ4n) is 2.76. The molecule has 5 heteroatoms. The SMILES string of the molecule is O=S(=O)(Cc1ccccc1)NCCc1ccc2c(c1)CCCO2. The van der Waals surface area contributed by atoms with Crippen molar-refractivity contribution in [2.75, 3.05) is 13.2 Å². The average molecular weight is 331 g/mol. The molecule has 23 heavy (non-hydrogen) atoms. The van der Waals surface area contributed by atoms with Gasteiger partial charge in [-0.3, -0.25) is 0 Å². The van der Waals surface area contributed by atoms with E-state index in [1.165, 1.54) is 5.56 Å². The van der Waals surface area contributed by atoms with Crippen molar-refractivity contribution in [2.45, 2.75) is 25.0 Å². The first-order chi connectivity index (χ1) is 11.1. The van der Waals surface area contributed by atoms with Gasteiger partial charge in [0.05, 0.1) is 12.4 Å². The minimum absolute atomic E-state index is 0.0197. The Morgan fingerprint density at radius 2 is 1.87 bits per heavy atom. The van der Waals surface area contributed by atoms with Crippen molar-refractivity contribution in [3.63, 3.8) is 0 Å². The van der Waals surface area contributed by atoms with Crippen LogP contribution >= 0.6 is 0 Å². The van der Waals surface area contributed by atoms with E-state index in [4.69, 9.17) is 4.74 Å². The van der Waals surface area contributed by atoms with E-state index in [2.05, 4.69) is 10.8 Å². The molecule has 122 valence electrons. The number of rotatable bonds is 6. The maximum atomic E-state index is 12.1. The van der Waals surface area contributed by atoms with Gasteiger partial charge in [-0.2, -0.15) is 0 Å². The third-order valence-electron chi connectivity index (χ3n) is 3.91. The molecule has 0 saturated carbocycles. The minimum atomic E-state index is -3.30. The zero-order valence-corrected chi connectivity index (χ0v) is 13.8. The van der Waals surface area contributed by atoms with Gasteiger partial charge in [0.15, 0.2) is 0 Å². The van der Waals surface area contributed by atoms with Crippen LogP contribution in [-0.2, 0) is 28.6 Å². The van der Waals surface area contributed by atoms with E-state index in [1.807, 2.05) is 42.5 Å². The largest absolute Gasteiger partial charge is 0.493 e. The number of hydrogen-bond acceptors (Lipinski definition) is 3. The molecule has 1 aliphatic heterocycles. The molecule has 1 N–H and O–H groups in total. The molecule has 4 nitrogen and oxygen atoms in total. The fraction of sp³-hybridized carbons (Fsp3) is 0.333. The fourth-order valence-corrected chi connectivity index (χ4v) is 3.91. The standard InChI is InChI=1S/C18H21NO3S/c20-23(21,14-16-5-2-1-3-6-16)19-11-10-15-8-9-18-17(13-15)7-4-12-22-18/h1-3,5-6,8-9,13,19H,4,7,10-12,14H2. The maximum absolute atomic E-state index is 12.1. The zero-order chi connectivity index (χ0) is 16.1. The number of benzene rings is 2. The molecule has 2 aromatic carbocycles. The highest BCUT2D eigenvalue weighted by Gasteiger charge is 2.12. The first-order valence-electron chi connectivity index (χ1n) is 7.88. The van der Waals surface area contributed by atoms with Crippen LogP contribution in [0, 0.1) is 0 Å². The lowest BCUT2D eigenvalue weighted by atomic mass is 10.0. The summed E-state index contributed by atoms with van der Waals surface area (Å²) in [6.07, 6.45) is 2.75.